The van der Waals surface area contributed by atoms with E-state index in [4.69, 9.17) is 0 Å². The summed E-state index contributed by atoms with van der Waals surface area (Å²) in [5.74, 6) is -3.16. The van der Waals surface area contributed by atoms with Crippen LogP contribution in [-0.4, -0.2) is 46.1 Å². The average molecular weight is 404 g/mol. The third kappa shape index (κ3) is 4.48. The molecular weight excluding hydrogens is 386 g/mol. The Morgan fingerprint density at radius 3 is 2.46 bits per heavy atom. The molecule has 1 N–H and O–H groups in total. The first-order chi connectivity index (χ1) is 13.3. The standard InChI is InChI=1S/C19H18F2N4O2S/c1-24(2)17(27)12-7-9-13(10-8-12)22-16(26)11-25-15-6-4-3-5-14(15)23-19(25)28-18(20)21/h3-10,18H,11H2,1-2H3,(H,22,26). The maximum atomic E-state index is 12.9. The third-order valence-electron chi connectivity index (χ3n) is 3.94. The molecule has 1 aromatic heterocycles. The summed E-state index contributed by atoms with van der Waals surface area (Å²) in [7, 11) is 3.31. The molecule has 0 aliphatic heterocycles. The zero-order chi connectivity index (χ0) is 20.3. The minimum atomic E-state index is -2.64. The Morgan fingerprint density at radius 1 is 1.14 bits per heavy atom. The van der Waals surface area contributed by atoms with Crippen molar-refractivity contribution in [3.8, 4) is 0 Å². The largest absolute Gasteiger partial charge is 0.345 e. The average Bonchev–Trinajstić information content (AvgIpc) is 2.98. The molecule has 0 aliphatic carbocycles. The van der Waals surface area contributed by atoms with Crippen LogP contribution < -0.4 is 5.32 Å². The summed E-state index contributed by atoms with van der Waals surface area (Å²) in [6.07, 6.45) is 0. The summed E-state index contributed by atoms with van der Waals surface area (Å²) < 4.78 is 27.2. The van der Waals surface area contributed by atoms with E-state index >= 15 is 0 Å². The van der Waals surface area contributed by atoms with Crippen molar-refractivity contribution in [3.05, 3.63) is 54.1 Å². The van der Waals surface area contributed by atoms with Gasteiger partial charge in [-0.1, -0.05) is 12.1 Å². The molecule has 2 aromatic carbocycles. The van der Waals surface area contributed by atoms with Gasteiger partial charge < -0.3 is 14.8 Å². The number of benzene rings is 2. The lowest BCUT2D eigenvalue weighted by Crippen LogP contribution is -2.22. The van der Waals surface area contributed by atoms with Gasteiger partial charge in [0.05, 0.1) is 11.0 Å². The molecule has 146 valence electrons. The van der Waals surface area contributed by atoms with Crippen molar-refractivity contribution in [2.24, 2.45) is 0 Å². The Bertz CT molecular complexity index is 1000. The van der Waals surface area contributed by atoms with E-state index in [9.17, 15) is 18.4 Å². The number of nitrogens with zero attached hydrogens (tertiary/aromatic N) is 3. The SMILES string of the molecule is CN(C)C(=O)c1ccc(NC(=O)Cn2c(SC(F)F)nc3ccccc32)cc1. The Labute approximate surface area is 164 Å². The van der Waals surface area contributed by atoms with Crippen molar-refractivity contribution in [3.63, 3.8) is 0 Å². The van der Waals surface area contributed by atoms with Crippen molar-refractivity contribution in [2.45, 2.75) is 17.5 Å². The first-order valence-electron chi connectivity index (χ1n) is 8.37. The van der Waals surface area contributed by atoms with E-state index in [0.29, 0.717) is 34.0 Å². The van der Waals surface area contributed by atoms with Crippen LogP contribution in [0.2, 0.25) is 0 Å². The lowest BCUT2D eigenvalue weighted by atomic mass is 10.2. The van der Waals surface area contributed by atoms with Crippen LogP contribution in [0.3, 0.4) is 0 Å². The Morgan fingerprint density at radius 2 is 1.82 bits per heavy atom. The number of carbonyl (C=O) groups excluding carboxylic acids is 2. The van der Waals surface area contributed by atoms with Gasteiger partial charge in [0.2, 0.25) is 5.91 Å². The zero-order valence-electron chi connectivity index (χ0n) is 15.2. The quantitative estimate of drug-likeness (QED) is 0.637. The van der Waals surface area contributed by atoms with Crippen molar-refractivity contribution in [1.29, 1.82) is 0 Å². The minimum Gasteiger partial charge on any atom is -0.345 e. The highest BCUT2D eigenvalue weighted by Gasteiger charge is 2.18. The number of thioether (sulfide) groups is 1. The molecule has 0 fully saturated rings. The van der Waals surface area contributed by atoms with Crippen LogP contribution in [-0.2, 0) is 11.3 Å². The number of imidazole rings is 1. The van der Waals surface area contributed by atoms with Crippen molar-refractivity contribution in [2.75, 3.05) is 19.4 Å². The van der Waals surface area contributed by atoms with E-state index < -0.39 is 5.76 Å². The van der Waals surface area contributed by atoms with E-state index in [0.717, 1.165) is 0 Å². The summed E-state index contributed by atoms with van der Waals surface area (Å²) in [5, 5.41) is 2.79. The van der Waals surface area contributed by atoms with Crippen LogP contribution in [0.5, 0.6) is 0 Å². The predicted octanol–water partition coefficient (Wildman–Crippen LogP) is 3.69. The smallest absolute Gasteiger partial charge is 0.291 e. The van der Waals surface area contributed by atoms with Crippen molar-refractivity contribution in [1.82, 2.24) is 14.5 Å². The number of nitrogens with one attached hydrogen (secondary N) is 1. The normalized spacial score (nSPS) is 11.0. The number of amides is 2. The van der Waals surface area contributed by atoms with Crippen molar-refractivity contribution < 1.29 is 18.4 Å². The molecule has 0 atom stereocenters. The molecule has 0 aliphatic rings. The number of para-hydroxylation sites is 2. The van der Waals surface area contributed by atoms with Crippen LogP contribution in [0.4, 0.5) is 14.5 Å². The predicted molar refractivity (Wildman–Crippen MR) is 105 cm³/mol. The molecule has 0 spiro atoms. The summed E-state index contributed by atoms with van der Waals surface area (Å²) in [4.78, 5) is 30.0. The fraction of sp³-hybridized carbons (Fsp3) is 0.211. The number of aromatic nitrogens is 2. The third-order valence-corrected chi connectivity index (χ3v) is 4.64. The number of anilines is 1. The number of hydrogen-bond acceptors (Lipinski definition) is 4. The highest BCUT2D eigenvalue weighted by molar-refractivity contribution is 7.99. The molecule has 1 heterocycles. The van der Waals surface area contributed by atoms with Crippen molar-refractivity contribution >= 4 is 40.3 Å². The molecule has 3 aromatic rings. The molecule has 9 heteroatoms. The van der Waals surface area contributed by atoms with Crippen LogP contribution in [0, 0.1) is 0 Å². The van der Waals surface area contributed by atoms with Crippen LogP contribution in [0.15, 0.2) is 53.7 Å². The van der Waals surface area contributed by atoms with E-state index in [1.54, 1.807) is 62.6 Å². The molecule has 0 saturated heterocycles. The van der Waals surface area contributed by atoms with Gasteiger partial charge in [-0.05, 0) is 48.2 Å². The summed E-state index contributed by atoms with van der Waals surface area (Å²) in [6, 6.07) is 13.4. The summed E-state index contributed by atoms with van der Waals surface area (Å²) in [5.41, 5.74) is 2.16. The van der Waals surface area contributed by atoms with Crippen LogP contribution in [0.1, 0.15) is 10.4 Å². The first kappa shape index (κ1) is 19.8. The van der Waals surface area contributed by atoms with E-state index in [-0.39, 0.29) is 23.5 Å². The Kier molecular flexibility index (Phi) is 5.93. The Hall–Kier alpha value is -2.94. The second-order valence-corrected chi connectivity index (χ2v) is 7.13. The highest BCUT2D eigenvalue weighted by atomic mass is 32.2. The van der Waals surface area contributed by atoms with E-state index in [1.807, 2.05) is 0 Å². The van der Waals surface area contributed by atoms with Gasteiger partial charge in [0, 0.05) is 25.3 Å². The number of hydrogen-bond donors (Lipinski definition) is 1. The van der Waals surface area contributed by atoms with Crippen LogP contribution >= 0.6 is 11.8 Å². The lowest BCUT2D eigenvalue weighted by Gasteiger charge is -2.12. The molecule has 0 unspecified atom stereocenters. The molecule has 0 saturated carbocycles. The molecular formula is C19H18F2N4O2S. The monoisotopic (exact) mass is 404 g/mol. The number of carbonyl (C=O) groups is 2. The van der Waals surface area contributed by atoms with E-state index in [2.05, 4.69) is 10.3 Å². The highest BCUT2D eigenvalue weighted by Crippen LogP contribution is 2.28. The number of rotatable bonds is 6. The molecule has 0 radical (unpaired) electrons. The number of alkyl halides is 2. The Balaban J connectivity index is 1.77. The zero-order valence-corrected chi connectivity index (χ0v) is 16.0. The fourth-order valence-corrected chi connectivity index (χ4v) is 3.27. The minimum absolute atomic E-state index is 0.0817. The van der Waals surface area contributed by atoms with Gasteiger partial charge >= 0.3 is 0 Å². The van der Waals surface area contributed by atoms with Gasteiger partial charge in [-0.25, -0.2) is 4.98 Å². The lowest BCUT2D eigenvalue weighted by molar-refractivity contribution is -0.116. The summed E-state index contributed by atoms with van der Waals surface area (Å²) >= 11 is 0.303. The fourth-order valence-electron chi connectivity index (χ4n) is 2.67. The molecule has 0 bridgehead atoms. The maximum Gasteiger partial charge on any atom is 0.291 e. The van der Waals surface area contributed by atoms with Gasteiger partial charge in [-0.2, -0.15) is 8.78 Å². The van der Waals surface area contributed by atoms with Crippen LogP contribution in [0.25, 0.3) is 11.0 Å². The summed E-state index contributed by atoms with van der Waals surface area (Å²) in [6.45, 7) is -0.159. The maximum absolute atomic E-state index is 12.9. The second kappa shape index (κ2) is 8.39. The van der Waals surface area contributed by atoms with Gasteiger partial charge in [0.25, 0.3) is 11.7 Å². The number of halogens is 2. The van der Waals surface area contributed by atoms with Gasteiger partial charge in [-0.15, -0.1) is 0 Å². The first-order valence-corrected chi connectivity index (χ1v) is 9.25. The second-order valence-electron chi connectivity index (χ2n) is 6.17. The van der Waals surface area contributed by atoms with Gasteiger partial charge in [0.1, 0.15) is 6.54 Å². The molecule has 28 heavy (non-hydrogen) atoms. The molecule has 3 rings (SSSR count). The topological polar surface area (TPSA) is 67.2 Å². The van der Waals surface area contributed by atoms with Gasteiger partial charge in [-0.3, -0.25) is 9.59 Å². The molecule has 2 amide bonds. The van der Waals surface area contributed by atoms with Gasteiger partial charge in [0.15, 0.2) is 5.16 Å². The van der Waals surface area contributed by atoms with E-state index in [1.165, 1.54) is 9.47 Å². The molecule has 6 nitrogen and oxygen atoms in total. The number of fused-ring (bicyclic) bond motifs is 1.